The first-order valence-corrected chi connectivity index (χ1v) is 3.77. The largest absolute Gasteiger partial charge is 0.382 e. The van der Waals surface area contributed by atoms with E-state index in [4.69, 9.17) is 9.47 Å². The lowest BCUT2D eigenvalue weighted by molar-refractivity contribution is 0.0553. The molecule has 0 aromatic carbocycles. The maximum atomic E-state index is 5.02. The summed E-state index contributed by atoms with van der Waals surface area (Å²) in [6.45, 7) is 0.506. The van der Waals surface area contributed by atoms with Crippen LogP contribution in [0.3, 0.4) is 0 Å². The molecule has 0 saturated heterocycles. The zero-order valence-corrected chi connectivity index (χ0v) is 7.86. The minimum Gasteiger partial charge on any atom is -0.382 e. The summed E-state index contributed by atoms with van der Waals surface area (Å²) in [6.07, 6.45) is -0.0918. The standard InChI is InChI=1S/C6H12O2S2/c1-7-3-5(8-2)6(10)4-9/h4-5,9-10H,3H2,1-2H3/b6-4-. The van der Waals surface area contributed by atoms with Crippen molar-refractivity contribution in [2.75, 3.05) is 20.8 Å². The van der Waals surface area contributed by atoms with Gasteiger partial charge in [-0.3, -0.25) is 0 Å². The first-order valence-electron chi connectivity index (χ1n) is 2.81. The SMILES string of the molecule is COCC(OC)/C(S)=C/S. The van der Waals surface area contributed by atoms with E-state index in [1.165, 1.54) is 0 Å². The van der Waals surface area contributed by atoms with Gasteiger partial charge >= 0.3 is 0 Å². The fourth-order valence-corrected chi connectivity index (χ4v) is 0.855. The van der Waals surface area contributed by atoms with Crippen molar-refractivity contribution < 1.29 is 9.47 Å². The molecule has 0 aliphatic heterocycles. The fourth-order valence-electron chi connectivity index (χ4n) is 0.509. The molecule has 10 heavy (non-hydrogen) atoms. The average molecular weight is 180 g/mol. The molecule has 0 rings (SSSR count). The molecule has 0 amide bonds. The Kier molecular flexibility index (Phi) is 6.31. The third-order valence-electron chi connectivity index (χ3n) is 1.06. The van der Waals surface area contributed by atoms with Gasteiger partial charge in [-0.2, -0.15) is 12.6 Å². The maximum absolute atomic E-state index is 5.02. The zero-order valence-electron chi connectivity index (χ0n) is 6.07. The second kappa shape index (κ2) is 6.09. The number of thiol groups is 2. The molecule has 0 aromatic heterocycles. The van der Waals surface area contributed by atoms with E-state index < -0.39 is 0 Å². The molecule has 0 aromatic rings. The van der Waals surface area contributed by atoms with Crippen LogP contribution in [0.1, 0.15) is 0 Å². The van der Waals surface area contributed by atoms with Gasteiger partial charge in [0, 0.05) is 19.1 Å². The van der Waals surface area contributed by atoms with Gasteiger partial charge in [0.1, 0.15) is 6.10 Å². The van der Waals surface area contributed by atoms with Crippen LogP contribution in [0.5, 0.6) is 0 Å². The molecule has 1 atom stereocenters. The van der Waals surface area contributed by atoms with Gasteiger partial charge in [-0.25, -0.2) is 0 Å². The molecule has 0 N–H and O–H groups in total. The van der Waals surface area contributed by atoms with Gasteiger partial charge in [0.2, 0.25) is 0 Å². The summed E-state index contributed by atoms with van der Waals surface area (Å²) >= 11 is 8.05. The van der Waals surface area contributed by atoms with Gasteiger partial charge in [-0.05, 0) is 5.41 Å². The predicted octanol–water partition coefficient (Wildman–Crippen LogP) is 1.35. The van der Waals surface area contributed by atoms with E-state index in [2.05, 4.69) is 25.3 Å². The monoisotopic (exact) mass is 180 g/mol. The number of rotatable bonds is 4. The van der Waals surface area contributed by atoms with E-state index in [9.17, 15) is 0 Å². The molecule has 0 aliphatic carbocycles. The van der Waals surface area contributed by atoms with Crippen LogP contribution in [0.2, 0.25) is 0 Å². The lowest BCUT2D eigenvalue weighted by Gasteiger charge is -2.12. The lowest BCUT2D eigenvalue weighted by atomic mass is 10.4. The molecule has 0 radical (unpaired) electrons. The number of ether oxygens (including phenoxy) is 2. The summed E-state index contributed by atoms with van der Waals surface area (Å²) in [4.78, 5) is 0.771. The Morgan fingerprint density at radius 2 is 2.20 bits per heavy atom. The minimum absolute atomic E-state index is 0.0918. The second-order valence-electron chi connectivity index (χ2n) is 1.73. The molecule has 0 aliphatic rings. The van der Waals surface area contributed by atoms with E-state index in [1.807, 2.05) is 0 Å². The van der Waals surface area contributed by atoms with Gasteiger partial charge in [0.25, 0.3) is 0 Å². The molecular formula is C6H12O2S2. The zero-order chi connectivity index (χ0) is 7.98. The first kappa shape index (κ1) is 10.4. The van der Waals surface area contributed by atoms with Crippen molar-refractivity contribution in [3.05, 3.63) is 10.3 Å². The fraction of sp³-hybridized carbons (Fsp3) is 0.667. The highest BCUT2D eigenvalue weighted by Gasteiger charge is 2.07. The highest BCUT2D eigenvalue weighted by Crippen LogP contribution is 2.11. The highest BCUT2D eigenvalue weighted by molar-refractivity contribution is 7.88. The van der Waals surface area contributed by atoms with E-state index >= 15 is 0 Å². The Balaban J connectivity index is 3.80. The normalized spacial score (nSPS) is 15.4. The van der Waals surface area contributed by atoms with Crippen molar-refractivity contribution in [1.29, 1.82) is 0 Å². The molecule has 0 fully saturated rings. The number of hydrogen-bond donors (Lipinski definition) is 2. The number of hydrogen-bond acceptors (Lipinski definition) is 4. The lowest BCUT2D eigenvalue weighted by Crippen LogP contribution is -2.17. The minimum atomic E-state index is -0.0918. The van der Waals surface area contributed by atoms with Crippen LogP contribution < -0.4 is 0 Å². The van der Waals surface area contributed by atoms with E-state index in [0.29, 0.717) is 6.61 Å². The van der Waals surface area contributed by atoms with Gasteiger partial charge in [-0.15, -0.1) is 12.6 Å². The molecule has 0 spiro atoms. The first-order chi connectivity index (χ1) is 4.76. The maximum Gasteiger partial charge on any atom is 0.111 e. The third-order valence-corrected chi connectivity index (χ3v) is 1.96. The summed E-state index contributed by atoms with van der Waals surface area (Å²) in [5.74, 6) is 0. The smallest absolute Gasteiger partial charge is 0.111 e. The molecule has 1 unspecified atom stereocenters. The van der Waals surface area contributed by atoms with Crippen LogP contribution in [0.4, 0.5) is 0 Å². The molecule has 0 bridgehead atoms. The van der Waals surface area contributed by atoms with Gasteiger partial charge in [0.15, 0.2) is 0 Å². The summed E-state index contributed by atoms with van der Waals surface area (Å²) in [5, 5.41) is 1.59. The van der Waals surface area contributed by atoms with Crippen molar-refractivity contribution in [3.8, 4) is 0 Å². The van der Waals surface area contributed by atoms with Crippen molar-refractivity contribution in [3.63, 3.8) is 0 Å². The highest BCUT2D eigenvalue weighted by atomic mass is 32.1. The van der Waals surface area contributed by atoms with E-state index in [1.54, 1.807) is 19.6 Å². The molecule has 0 saturated carbocycles. The second-order valence-corrected chi connectivity index (χ2v) is 2.51. The topological polar surface area (TPSA) is 18.5 Å². The van der Waals surface area contributed by atoms with Crippen LogP contribution in [-0.4, -0.2) is 26.9 Å². The number of methoxy groups -OCH3 is 2. The summed E-state index contributed by atoms with van der Waals surface area (Å²) < 4.78 is 9.89. The summed E-state index contributed by atoms with van der Waals surface area (Å²) in [5.41, 5.74) is 0. The molecule has 60 valence electrons. The van der Waals surface area contributed by atoms with Gasteiger partial charge in [-0.1, -0.05) is 0 Å². The van der Waals surface area contributed by atoms with Crippen LogP contribution in [0.15, 0.2) is 10.3 Å². The van der Waals surface area contributed by atoms with Crippen LogP contribution in [-0.2, 0) is 9.47 Å². The Bertz CT molecular complexity index is 114. The summed E-state index contributed by atoms with van der Waals surface area (Å²) in [6, 6.07) is 0. The van der Waals surface area contributed by atoms with Crippen molar-refractivity contribution in [2.45, 2.75) is 6.10 Å². The Morgan fingerprint density at radius 3 is 2.50 bits per heavy atom. The van der Waals surface area contributed by atoms with E-state index in [0.717, 1.165) is 4.91 Å². The Morgan fingerprint density at radius 1 is 1.60 bits per heavy atom. The predicted molar refractivity (Wildman–Crippen MR) is 48.7 cm³/mol. The van der Waals surface area contributed by atoms with Crippen LogP contribution in [0.25, 0.3) is 0 Å². The van der Waals surface area contributed by atoms with Gasteiger partial charge in [0.05, 0.1) is 6.61 Å². The van der Waals surface area contributed by atoms with Crippen molar-refractivity contribution >= 4 is 25.3 Å². The molecule has 0 heterocycles. The quantitative estimate of drug-likeness (QED) is 0.636. The molecular weight excluding hydrogens is 168 g/mol. The van der Waals surface area contributed by atoms with E-state index in [-0.39, 0.29) is 6.10 Å². The third kappa shape index (κ3) is 3.51. The Hall–Kier alpha value is 0.360. The van der Waals surface area contributed by atoms with Crippen molar-refractivity contribution in [2.24, 2.45) is 0 Å². The van der Waals surface area contributed by atoms with Crippen LogP contribution in [0, 0.1) is 0 Å². The Labute approximate surface area is 72.4 Å². The molecule has 4 heteroatoms. The molecule has 2 nitrogen and oxygen atoms in total. The van der Waals surface area contributed by atoms with Crippen LogP contribution >= 0.6 is 25.3 Å². The van der Waals surface area contributed by atoms with Crippen molar-refractivity contribution in [1.82, 2.24) is 0 Å². The average Bonchev–Trinajstić information content (AvgIpc) is 1.99. The van der Waals surface area contributed by atoms with Gasteiger partial charge < -0.3 is 9.47 Å². The summed E-state index contributed by atoms with van der Waals surface area (Å²) in [7, 11) is 3.22.